The first-order chi connectivity index (χ1) is 11.4. The van der Waals surface area contributed by atoms with Crippen molar-refractivity contribution in [3.8, 4) is 11.4 Å². The van der Waals surface area contributed by atoms with Gasteiger partial charge in [-0.1, -0.05) is 41.0 Å². The lowest BCUT2D eigenvalue weighted by Crippen LogP contribution is -2.37. The highest BCUT2D eigenvalue weighted by Crippen LogP contribution is 2.31. The predicted molar refractivity (Wildman–Crippen MR) is 98.2 cm³/mol. The van der Waals surface area contributed by atoms with Crippen molar-refractivity contribution in [3.63, 3.8) is 0 Å². The number of aromatic nitrogens is 3. The zero-order valence-corrected chi connectivity index (χ0v) is 15.6. The molecule has 0 fully saturated rings. The third-order valence-electron chi connectivity index (χ3n) is 2.88. The molecular formula is C15H17Cl2N5OS. The molecule has 1 amide bonds. The van der Waals surface area contributed by atoms with Gasteiger partial charge in [0.1, 0.15) is 0 Å². The Balaban J connectivity index is 2.26. The van der Waals surface area contributed by atoms with E-state index in [9.17, 15) is 4.79 Å². The smallest absolute Gasteiger partial charge is 0.244 e. The van der Waals surface area contributed by atoms with Gasteiger partial charge in [-0.15, -0.1) is 16.8 Å². The van der Waals surface area contributed by atoms with E-state index in [0.717, 1.165) is 5.56 Å². The van der Waals surface area contributed by atoms with Crippen LogP contribution in [0.15, 0.2) is 36.0 Å². The van der Waals surface area contributed by atoms with E-state index >= 15 is 0 Å². The fourth-order valence-corrected chi connectivity index (χ4v) is 3.20. The molecule has 9 heteroatoms. The standard InChI is InChI=1S/C15H17Cl2N5OS/c1-4-7-22-14(11-6-5-10(16)8-12(11)17)18-19-15(22)24-9-13(23)20-21(2)3/h4-6,8H,1,7,9H2,2-3H3,(H,20,23). The lowest BCUT2D eigenvalue weighted by atomic mass is 10.2. The summed E-state index contributed by atoms with van der Waals surface area (Å²) in [7, 11) is 3.51. The Morgan fingerprint density at radius 1 is 1.42 bits per heavy atom. The number of hydrogen-bond acceptors (Lipinski definition) is 5. The maximum Gasteiger partial charge on any atom is 0.244 e. The zero-order valence-electron chi connectivity index (χ0n) is 13.3. The van der Waals surface area contributed by atoms with Gasteiger partial charge in [0.15, 0.2) is 11.0 Å². The summed E-state index contributed by atoms with van der Waals surface area (Å²) in [6, 6.07) is 5.19. The van der Waals surface area contributed by atoms with Crippen LogP contribution < -0.4 is 5.43 Å². The van der Waals surface area contributed by atoms with E-state index in [1.165, 1.54) is 11.8 Å². The second-order valence-electron chi connectivity index (χ2n) is 5.05. The van der Waals surface area contributed by atoms with E-state index in [1.54, 1.807) is 43.4 Å². The predicted octanol–water partition coefficient (Wildman–Crippen LogP) is 3.12. The molecule has 128 valence electrons. The normalized spacial score (nSPS) is 10.9. The highest BCUT2D eigenvalue weighted by atomic mass is 35.5. The van der Waals surface area contributed by atoms with Crippen LogP contribution in [0.2, 0.25) is 10.0 Å². The summed E-state index contributed by atoms with van der Waals surface area (Å²) in [4.78, 5) is 11.8. The molecule has 0 spiro atoms. The quantitative estimate of drug-likeness (QED) is 0.450. The van der Waals surface area contributed by atoms with Crippen LogP contribution in [0.4, 0.5) is 0 Å². The average Bonchev–Trinajstić information content (AvgIpc) is 2.88. The van der Waals surface area contributed by atoms with Gasteiger partial charge in [0.2, 0.25) is 5.91 Å². The van der Waals surface area contributed by atoms with Crippen LogP contribution in [0, 0.1) is 0 Å². The van der Waals surface area contributed by atoms with Crippen LogP contribution in [0.1, 0.15) is 0 Å². The fraction of sp³-hybridized carbons (Fsp3) is 0.267. The summed E-state index contributed by atoms with van der Waals surface area (Å²) in [6.45, 7) is 4.26. The number of nitrogens with zero attached hydrogens (tertiary/aromatic N) is 4. The molecule has 6 nitrogen and oxygen atoms in total. The number of allylic oxidation sites excluding steroid dienone is 1. The third-order valence-corrected chi connectivity index (χ3v) is 4.40. The third kappa shape index (κ3) is 4.73. The Hall–Kier alpha value is -1.54. The van der Waals surface area contributed by atoms with E-state index < -0.39 is 0 Å². The number of hydrazine groups is 1. The number of thioether (sulfide) groups is 1. The molecule has 1 aromatic carbocycles. The molecule has 0 saturated carbocycles. The van der Waals surface area contributed by atoms with E-state index in [2.05, 4.69) is 22.2 Å². The summed E-state index contributed by atoms with van der Waals surface area (Å²) >= 11 is 13.5. The maximum atomic E-state index is 11.8. The topological polar surface area (TPSA) is 63.1 Å². The summed E-state index contributed by atoms with van der Waals surface area (Å²) in [6.07, 6.45) is 1.74. The van der Waals surface area contributed by atoms with Gasteiger partial charge in [0.25, 0.3) is 0 Å². The van der Waals surface area contributed by atoms with Crippen molar-refractivity contribution >= 4 is 40.9 Å². The molecule has 2 rings (SSSR count). The van der Waals surface area contributed by atoms with Gasteiger partial charge in [-0.05, 0) is 18.2 Å². The largest absolute Gasteiger partial charge is 0.298 e. The number of halogens is 2. The molecule has 0 atom stereocenters. The molecule has 1 aromatic heterocycles. The summed E-state index contributed by atoms with van der Waals surface area (Å²) in [5.74, 6) is 0.707. The number of benzene rings is 1. The van der Waals surface area contributed by atoms with Gasteiger partial charge in [-0.25, -0.2) is 5.01 Å². The summed E-state index contributed by atoms with van der Waals surface area (Å²) in [5, 5.41) is 11.6. The van der Waals surface area contributed by atoms with Gasteiger partial charge < -0.3 is 0 Å². The molecule has 2 aromatic rings. The monoisotopic (exact) mass is 385 g/mol. The molecule has 0 aliphatic carbocycles. The van der Waals surface area contributed by atoms with Crippen LogP contribution in [0.5, 0.6) is 0 Å². The van der Waals surface area contributed by atoms with Crippen molar-refractivity contribution < 1.29 is 4.79 Å². The maximum absolute atomic E-state index is 11.8. The molecular weight excluding hydrogens is 369 g/mol. The van der Waals surface area contributed by atoms with Gasteiger partial charge >= 0.3 is 0 Å². The zero-order chi connectivity index (χ0) is 17.7. The molecule has 0 aliphatic rings. The average molecular weight is 386 g/mol. The van der Waals surface area contributed by atoms with E-state index in [4.69, 9.17) is 23.2 Å². The molecule has 0 bridgehead atoms. The lowest BCUT2D eigenvalue weighted by molar-refractivity contribution is -0.122. The van der Waals surface area contributed by atoms with Crippen LogP contribution in [-0.4, -0.2) is 45.5 Å². The van der Waals surface area contributed by atoms with Gasteiger partial charge in [0, 0.05) is 31.2 Å². The van der Waals surface area contributed by atoms with E-state index in [1.807, 2.05) is 4.57 Å². The minimum Gasteiger partial charge on any atom is -0.298 e. The molecule has 0 aliphatic heterocycles. The van der Waals surface area contributed by atoms with E-state index in [-0.39, 0.29) is 11.7 Å². The molecule has 0 saturated heterocycles. The second-order valence-corrected chi connectivity index (χ2v) is 6.83. The summed E-state index contributed by atoms with van der Waals surface area (Å²) < 4.78 is 1.86. The van der Waals surface area contributed by atoms with Crippen molar-refractivity contribution in [2.45, 2.75) is 11.7 Å². The highest BCUT2D eigenvalue weighted by molar-refractivity contribution is 7.99. The van der Waals surface area contributed by atoms with Gasteiger partial charge in [-0.2, -0.15) is 0 Å². The van der Waals surface area contributed by atoms with Crippen molar-refractivity contribution in [2.75, 3.05) is 19.8 Å². The summed E-state index contributed by atoms with van der Waals surface area (Å²) in [5.41, 5.74) is 3.40. The first-order valence-corrected chi connectivity index (χ1v) is 8.75. The van der Waals surface area contributed by atoms with Crippen molar-refractivity contribution in [1.82, 2.24) is 25.2 Å². The van der Waals surface area contributed by atoms with Crippen molar-refractivity contribution in [2.24, 2.45) is 0 Å². The SMILES string of the molecule is C=CCn1c(SCC(=O)NN(C)C)nnc1-c1ccc(Cl)cc1Cl. The number of carbonyl (C=O) groups excluding carboxylic acids is 1. The van der Waals surface area contributed by atoms with Crippen LogP contribution in [0.3, 0.4) is 0 Å². The molecule has 1 N–H and O–H groups in total. The number of carbonyl (C=O) groups is 1. The van der Waals surface area contributed by atoms with Gasteiger partial charge in [0.05, 0.1) is 10.8 Å². The van der Waals surface area contributed by atoms with E-state index in [0.29, 0.717) is 27.6 Å². The van der Waals surface area contributed by atoms with Crippen LogP contribution >= 0.6 is 35.0 Å². The lowest BCUT2D eigenvalue weighted by Gasteiger charge is -2.12. The minimum absolute atomic E-state index is 0.121. The first kappa shape index (κ1) is 18.8. The van der Waals surface area contributed by atoms with Crippen molar-refractivity contribution in [1.29, 1.82) is 0 Å². The van der Waals surface area contributed by atoms with Crippen LogP contribution in [-0.2, 0) is 11.3 Å². The molecule has 24 heavy (non-hydrogen) atoms. The van der Waals surface area contributed by atoms with Gasteiger partial charge in [-0.3, -0.25) is 14.8 Å². The number of nitrogens with one attached hydrogen (secondary N) is 1. The second kappa shape index (κ2) is 8.53. The highest BCUT2D eigenvalue weighted by Gasteiger charge is 2.17. The number of rotatable bonds is 7. The number of amides is 1. The fourth-order valence-electron chi connectivity index (χ4n) is 1.97. The molecule has 1 heterocycles. The Morgan fingerprint density at radius 2 is 2.17 bits per heavy atom. The molecule has 0 unspecified atom stereocenters. The first-order valence-electron chi connectivity index (χ1n) is 7.01. The Morgan fingerprint density at radius 3 is 2.79 bits per heavy atom. The Kier molecular flexibility index (Phi) is 6.68. The van der Waals surface area contributed by atoms with Crippen molar-refractivity contribution in [3.05, 3.63) is 40.9 Å². The number of hydrogen-bond donors (Lipinski definition) is 1. The Labute approximate surface area is 154 Å². The Bertz CT molecular complexity index is 747. The van der Waals surface area contributed by atoms with Crippen LogP contribution in [0.25, 0.3) is 11.4 Å². The molecule has 0 radical (unpaired) electrons. The minimum atomic E-state index is -0.121.